The summed E-state index contributed by atoms with van der Waals surface area (Å²) in [5, 5.41) is 10.9. The number of aliphatic hydroxyl groups excluding tert-OH is 1. The maximum absolute atomic E-state index is 10.9. The zero-order chi connectivity index (χ0) is 12.2. The highest BCUT2D eigenvalue weighted by Crippen LogP contribution is 2.63. The molecule has 1 atom stereocenters. The number of hydrogen-bond acceptors (Lipinski definition) is 1. The van der Waals surface area contributed by atoms with Crippen molar-refractivity contribution in [2.24, 2.45) is 23.2 Å². The third kappa shape index (κ3) is 1.56. The average Bonchev–Trinajstić information content (AvgIpc) is 2.37. The summed E-state index contributed by atoms with van der Waals surface area (Å²) in [4.78, 5) is 0. The van der Waals surface area contributed by atoms with Crippen molar-refractivity contribution in [2.75, 3.05) is 0 Å². The van der Waals surface area contributed by atoms with Crippen molar-refractivity contribution < 1.29 is 5.11 Å². The third-order valence-electron chi connectivity index (χ3n) is 5.78. The van der Waals surface area contributed by atoms with E-state index in [9.17, 15) is 5.11 Å². The van der Waals surface area contributed by atoms with E-state index in [2.05, 4.69) is 24.3 Å². The Kier molecular flexibility index (Phi) is 2.35. The summed E-state index contributed by atoms with van der Waals surface area (Å²) in [7, 11) is 0. The molecule has 0 unspecified atom stereocenters. The molecule has 0 saturated heterocycles. The van der Waals surface area contributed by atoms with E-state index in [1.807, 2.05) is 6.07 Å². The minimum atomic E-state index is -0.230. The smallest absolute Gasteiger partial charge is 0.0846 e. The molecule has 1 aromatic rings. The maximum atomic E-state index is 10.9. The van der Waals surface area contributed by atoms with Gasteiger partial charge in [0.2, 0.25) is 0 Å². The van der Waals surface area contributed by atoms with Crippen LogP contribution in [0.4, 0.5) is 0 Å². The molecule has 0 amide bonds. The Morgan fingerprint density at radius 3 is 1.89 bits per heavy atom. The molecule has 0 spiro atoms. The van der Waals surface area contributed by atoms with E-state index in [1.165, 1.54) is 38.5 Å². The minimum Gasteiger partial charge on any atom is -0.388 e. The van der Waals surface area contributed by atoms with Crippen LogP contribution < -0.4 is 0 Å². The van der Waals surface area contributed by atoms with Crippen LogP contribution in [0.5, 0.6) is 0 Å². The molecule has 4 fully saturated rings. The zero-order valence-corrected chi connectivity index (χ0v) is 10.9. The standard InChI is InChI=1S/C17H22O/c18-16(15-4-2-1-3-5-15)17-9-12-6-13(10-17)8-14(7-12)11-17/h1-5,12-14,16,18H,6-11H2/t12?,13?,14?,16-,17?/m0/s1. The van der Waals surface area contributed by atoms with Gasteiger partial charge in [0.1, 0.15) is 0 Å². The highest BCUT2D eigenvalue weighted by Gasteiger charge is 2.54. The van der Waals surface area contributed by atoms with E-state index in [1.54, 1.807) is 0 Å². The van der Waals surface area contributed by atoms with Gasteiger partial charge in [-0.15, -0.1) is 0 Å². The second-order valence-corrected chi connectivity index (χ2v) is 7.09. The molecule has 1 nitrogen and oxygen atoms in total. The Hall–Kier alpha value is -0.820. The Morgan fingerprint density at radius 1 is 0.889 bits per heavy atom. The van der Waals surface area contributed by atoms with Gasteiger partial charge in [-0.05, 0) is 61.8 Å². The first-order valence-corrected chi connectivity index (χ1v) is 7.48. The van der Waals surface area contributed by atoms with Gasteiger partial charge >= 0.3 is 0 Å². The fraction of sp³-hybridized carbons (Fsp3) is 0.647. The summed E-state index contributed by atoms with van der Waals surface area (Å²) in [6.07, 6.45) is 7.92. The van der Waals surface area contributed by atoms with Crippen molar-refractivity contribution in [2.45, 2.75) is 44.6 Å². The van der Waals surface area contributed by atoms with Gasteiger partial charge in [-0.1, -0.05) is 30.3 Å². The van der Waals surface area contributed by atoms with Crippen molar-refractivity contribution in [1.82, 2.24) is 0 Å². The largest absolute Gasteiger partial charge is 0.388 e. The van der Waals surface area contributed by atoms with Crippen LogP contribution in [0.1, 0.15) is 50.2 Å². The normalized spacial score (nSPS) is 43.1. The monoisotopic (exact) mass is 242 g/mol. The summed E-state index contributed by atoms with van der Waals surface area (Å²) in [5.74, 6) is 2.74. The lowest BCUT2D eigenvalue weighted by Crippen LogP contribution is -2.48. The fourth-order valence-corrected chi connectivity index (χ4v) is 5.50. The topological polar surface area (TPSA) is 20.2 Å². The summed E-state index contributed by atoms with van der Waals surface area (Å²) in [6, 6.07) is 10.3. The molecule has 5 rings (SSSR count). The lowest BCUT2D eigenvalue weighted by atomic mass is 9.47. The maximum Gasteiger partial charge on any atom is 0.0846 e. The molecule has 0 radical (unpaired) electrons. The second kappa shape index (κ2) is 3.84. The van der Waals surface area contributed by atoms with Crippen molar-refractivity contribution in [3.8, 4) is 0 Å². The second-order valence-electron chi connectivity index (χ2n) is 7.09. The predicted octanol–water partition coefficient (Wildman–Crippen LogP) is 3.94. The van der Waals surface area contributed by atoms with Crippen molar-refractivity contribution in [3.63, 3.8) is 0 Å². The molecule has 0 aliphatic heterocycles. The quantitative estimate of drug-likeness (QED) is 0.833. The van der Waals surface area contributed by atoms with Crippen molar-refractivity contribution >= 4 is 0 Å². The van der Waals surface area contributed by atoms with Crippen LogP contribution >= 0.6 is 0 Å². The van der Waals surface area contributed by atoms with Crippen LogP contribution in [0.15, 0.2) is 30.3 Å². The van der Waals surface area contributed by atoms with Crippen LogP contribution in [-0.4, -0.2) is 5.11 Å². The number of rotatable bonds is 2. The first-order valence-electron chi connectivity index (χ1n) is 7.48. The van der Waals surface area contributed by atoms with Crippen LogP contribution in [0.25, 0.3) is 0 Å². The Labute approximate surface area is 109 Å². The SMILES string of the molecule is O[C@@H](c1ccccc1)C12CC3CC(CC(C3)C1)C2. The van der Waals surface area contributed by atoms with Crippen molar-refractivity contribution in [3.05, 3.63) is 35.9 Å². The summed E-state index contributed by atoms with van der Waals surface area (Å²) in [6.45, 7) is 0. The van der Waals surface area contributed by atoms with Crippen LogP contribution in [0.3, 0.4) is 0 Å². The summed E-state index contributed by atoms with van der Waals surface area (Å²) < 4.78 is 0. The Bertz CT molecular complexity index is 401. The molecule has 4 aliphatic rings. The van der Waals surface area contributed by atoms with Crippen LogP contribution in [0, 0.1) is 23.2 Å². The Balaban J connectivity index is 1.67. The average molecular weight is 242 g/mol. The van der Waals surface area contributed by atoms with Gasteiger partial charge in [-0.2, -0.15) is 0 Å². The predicted molar refractivity (Wildman–Crippen MR) is 72.0 cm³/mol. The van der Waals surface area contributed by atoms with Crippen LogP contribution in [-0.2, 0) is 0 Å². The first-order chi connectivity index (χ1) is 8.75. The lowest BCUT2D eigenvalue weighted by molar-refractivity contribution is -0.122. The van der Waals surface area contributed by atoms with Gasteiger partial charge in [0.15, 0.2) is 0 Å². The van der Waals surface area contributed by atoms with E-state index in [0.29, 0.717) is 0 Å². The zero-order valence-electron chi connectivity index (χ0n) is 10.9. The van der Waals surface area contributed by atoms with Gasteiger partial charge in [-0.25, -0.2) is 0 Å². The molecule has 0 heterocycles. The van der Waals surface area contributed by atoms with E-state index in [0.717, 1.165) is 23.3 Å². The molecular formula is C17H22O. The van der Waals surface area contributed by atoms with E-state index >= 15 is 0 Å². The van der Waals surface area contributed by atoms with Gasteiger partial charge in [0, 0.05) is 5.41 Å². The Morgan fingerprint density at radius 2 is 1.39 bits per heavy atom. The van der Waals surface area contributed by atoms with E-state index in [-0.39, 0.29) is 11.5 Å². The highest BCUT2D eigenvalue weighted by atomic mass is 16.3. The minimum absolute atomic E-state index is 0.218. The summed E-state index contributed by atoms with van der Waals surface area (Å²) in [5.41, 5.74) is 1.36. The molecule has 4 bridgehead atoms. The molecule has 1 aromatic carbocycles. The van der Waals surface area contributed by atoms with Gasteiger partial charge in [0.25, 0.3) is 0 Å². The molecule has 1 N–H and O–H groups in total. The van der Waals surface area contributed by atoms with Gasteiger partial charge in [-0.3, -0.25) is 0 Å². The molecular weight excluding hydrogens is 220 g/mol. The molecule has 4 aliphatic carbocycles. The molecule has 96 valence electrons. The molecule has 18 heavy (non-hydrogen) atoms. The molecule has 0 aromatic heterocycles. The summed E-state index contributed by atoms with van der Waals surface area (Å²) >= 11 is 0. The lowest BCUT2D eigenvalue weighted by Gasteiger charge is -2.58. The number of benzene rings is 1. The van der Waals surface area contributed by atoms with Crippen LogP contribution in [0.2, 0.25) is 0 Å². The first kappa shape index (κ1) is 11.0. The van der Waals surface area contributed by atoms with E-state index < -0.39 is 0 Å². The van der Waals surface area contributed by atoms with Gasteiger partial charge in [0.05, 0.1) is 6.10 Å². The highest BCUT2D eigenvalue weighted by molar-refractivity contribution is 5.21. The number of aliphatic hydroxyl groups is 1. The van der Waals surface area contributed by atoms with E-state index in [4.69, 9.17) is 0 Å². The third-order valence-corrected chi connectivity index (χ3v) is 5.78. The molecule has 1 heteroatoms. The number of hydrogen-bond donors (Lipinski definition) is 1. The van der Waals surface area contributed by atoms with Crippen molar-refractivity contribution in [1.29, 1.82) is 0 Å². The fourth-order valence-electron chi connectivity index (χ4n) is 5.50. The van der Waals surface area contributed by atoms with Gasteiger partial charge < -0.3 is 5.11 Å². The molecule has 4 saturated carbocycles.